The molecule has 7 nitrogen and oxygen atoms in total. The lowest BCUT2D eigenvalue weighted by atomic mass is 9.99. The van der Waals surface area contributed by atoms with Crippen molar-refractivity contribution >= 4 is 23.7 Å². The lowest BCUT2D eigenvalue weighted by Crippen LogP contribution is -2.46. The number of carbonyl (C=O) groups excluding carboxylic acids is 2. The molecule has 3 N–H and O–H groups in total. The summed E-state index contributed by atoms with van der Waals surface area (Å²) in [6.45, 7) is 5.40. The van der Waals surface area contributed by atoms with Crippen molar-refractivity contribution < 1.29 is 24.2 Å². The molecule has 0 bridgehead atoms. The Labute approximate surface area is 135 Å². The second-order valence-corrected chi connectivity index (χ2v) is 5.62. The number of esters is 1. The zero-order chi connectivity index (χ0) is 17.5. The molecule has 0 fully saturated rings. The summed E-state index contributed by atoms with van der Waals surface area (Å²) in [5.74, 6) is -1.44. The molecule has 0 aliphatic rings. The standard InChI is InChI=1S/C16H22N2O5/c1-4-23-14(21)11-7-5-6-8-12(11)17-15(22)18-16(2,3)10-9-13(19)20/h5-8H,4,9-10H2,1-3H3,(H,19,20)(H2,17,18,22). The molecule has 0 unspecified atom stereocenters. The molecule has 0 spiro atoms. The highest BCUT2D eigenvalue weighted by molar-refractivity contribution is 6.00. The molecule has 0 heterocycles. The predicted molar refractivity (Wildman–Crippen MR) is 85.5 cm³/mol. The molecule has 2 amide bonds. The zero-order valence-electron chi connectivity index (χ0n) is 13.5. The van der Waals surface area contributed by atoms with Crippen LogP contribution >= 0.6 is 0 Å². The van der Waals surface area contributed by atoms with Crippen LogP contribution in [0, 0.1) is 0 Å². The fraction of sp³-hybridized carbons (Fsp3) is 0.438. The third-order valence-electron chi connectivity index (χ3n) is 3.09. The van der Waals surface area contributed by atoms with Crippen LogP contribution in [0.15, 0.2) is 24.3 Å². The van der Waals surface area contributed by atoms with E-state index in [-0.39, 0.29) is 25.0 Å². The molecule has 0 saturated heterocycles. The smallest absolute Gasteiger partial charge is 0.340 e. The Morgan fingerprint density at radius 2 is 1.87 bits per heavy atom. The van der Waals surface area contributed by atoms with Crippen LogP contribution in [0.1, 0.15) is 44.0 Å². The number of carboxylic acid groups (broad SMARTS) is 1. The van der Waals surface area contributed by atoms with Crippen molar-refractivity contribution in [3.63, 3.8) is 0 Å². The predicted octanol–water partition coefficient (Wildman–Crippen LogP) is 2.63. The van der Waals surface area contributed by atoms with Gasteiger partial charge in [0, 0.05) is 12.0 Å². The monoisotopic (exact) mass is 322 g/mol. The van der Waals surface area contributed by atoms with Crippen LogP contribution in [-0.2, 0) is 9.53 Å². The summed E-state index contributed by atoms with van der Waals surface area (Å²) in [4.78, 5) is 34.6. The van der Waals surface area contributed by atoms with Gasteiger partial charge in [-0.3, -0.25) is 4.79 Å². The molecule has 0 aromatic heterocycles. The van der Waals surface area contributed by atoms with Gasteiger partial charge in [-0.2, -0.15) is 0 Å². The molecule has 0 atom stereocenters. The number of amides is 2. The number of aliphatic carboxylic acids is 1. The summed E-state index contributed by atoms with van der Waals surface area (Å²) < 4.78 is 4.94. The number of carbonyl (C=O) groups is 3. The fourth-order valence-electron chi connectivity index (χ4n) is 1.92. The Bertz CT molecular complexity index is 584. The van der Waals surface area contributed by atoms with E-state index in [1.807, 2.05) is 0 Å². The van der Waals surface area contributed by atoms with Crippen LogP contribution in [0.25, 0.3) is 0 Å². The van der Waals surface area contributed by atoms with Gasteiger partial charge >= 0.3 is 18.0 Å². The molecular formula is C16H22N2O5. The molecule has 23 heavy (non-hydrogen) atoms. The SMILES string of the molecule is CCOC(=O)c1ccccc1NC(=O)NC(C)(C)CCC(=O)O. The van der Waals surface area contributed by atoms with Gasteiger partial charge in [0.25, 0.3) is 0 Å². The van der Waals surface area contributed by atoms with Crippen LogP contribution in [-0.4, -0.2) is 35.2 Å². The number of anilines is 1. The summed E-state index contributed by atoms with van der Waals surface area (Å²) in [7, 11) is 0. The van der Waals surface area contributed by atoms with Crippen molar-refractivity contribution in [3.8, 4) is 0 Å². The highest BCUT2D eigenvalue weighted by Gasteiger charge is 2.22. The van der Waals surface area contributed by atoms with Gasteiger partial charge in [0.1, 0.15) is 0 Å². The van der Waals surface area contributed by atoms with Crippen LogP contribution in [0.5, 0.6) is 0 Å². The number of nitrogens with one attached hydrogen (secondary N) is 2. The highest BCUT2D eigenvalue weighted by atomic mass is 16.5. The van der Waals surface area contributed by atoms with Crippen molar-refractivity contribution in [2.24, 2.45) is 0 Å². The first-order valence-electron chi connectivity index (χ1n) is 7.32. The van der Waals surface area contributed by atoms with Crippen molar-refractivity contribution in [1.82, 2.24) is 5.32 Å². The molecule has 1 rings (SSSR count). The number of carboxylic acids is 1. The molecule has 7 heteroatoms. The van der Waals surface area contributed by atoms with Crippen molar-refractivity contribution in [2.75, 3.05) is 11.9 Å². The summed E-state index contributed by atoms with van der Waals surface area (Å²) in [5, 5.41) is 14.0. The summed E-state index contributed by atoms with van der Waals surface area (Å²) in [6, 6.07) is 6.00. The Hall–Kier alpha value is -2.57. The van der Waals surface area contributed by atoms with Gasteiger partial charge in [0.15, 0.2) is 0 Å². The van der Waals surface area contributed by atoms with E-state index >= 15 is 0 Å². The van der Waals surface area contributed by atoms with E-state index in [0.717, 1.165) is 0 Å². The minimum atomic E-state index is -0.923. The maximum atomic E-state index is 12.1. The molecule has 0 saturated carbocycles. The van der Waals surface area contributed by atoms with E-state index in [2.05, 4.69) is 10.6 Å². The molecule has 1 aromatic rings. The van der Waals surface area contributed by atoms with E-state index < -0.39 is 23.5 Å². The van der Waals surface area contributed by atoms with E-state index in [0.29, 0.717) is 5.69 Å². The average Bonchev–Trinajstić information content (AvgIpc) is 2.45. The zero-order valence-corrected chi connectivity index (χ0v) is 13.5. The third kappa shape index (κ3) is 6.37. The molecule has 126 valence electrons. The maximum absolute atomic E-state index is 12.1. The van der Waals surface area contributed by atoms with E-state index in [9.17, 15) is 14.4 Å². The van der Waals surface area contributed by atoms with Crippen molar-refractivity contribution in [2.45, 2.75) is 39.2 Å². The molecule has 0 aliphatic carbocycles. The maximum Gasteiger partial charge on any atom is 0.340 e. The number of benzene rings is 1. The minimum Gasteiger partial charge on any atom is -0.481 e. The molecule has 1 aromatic carbocycles. The normalized spacial score (nSPS) is 10.7. The van der Waals surface area contributed by atoms with Gasteiger partial charge in [-0.25, -0.2) is 9.59 Å². The highest BCUT2D eigenvalue weighted by Crippen LogP contribution is 2.17. The summed E-state index contributed by atoms with van der Waals surface area (Å²) in [6.07, 6.45) is 0.238. The topological polar surface area (TPSA) is 105 Å². The first kappa shape index (κ1) is 18.5. The van der Waals surface area contributed by atoms with Gasteiger partial charge in [-0.1, -0.05) is 12.1 Å². The quantitative estimate of drug-likeness (QED) is 0.669. The third-order valence-corrected chi connectivity index (χ3v) is 3.09. The lowest BCUT2D eigenvalue weighted by Gasteiger charge is -2.26. The number of urea groups is 1. The molecule has 0 aliphatic heterocycles. The van der Waals surface area contributed by atoms with Gasteiger partial charge in [0.2, 0.25) is 0 Å². The van der Waals surface area contributed by atoms with E-state index in [4.69, 9.17) is 9.84 Å². The largest absolute Gasteiger partial charge is 0.481 e. The minimum absolute atomic E-state index is 0.0489. The average molecular weight is 322 g/mol. The Balaban J connectivity index is 2.74. The van der Waals surface area contributed by atoms with Crippen LogP contribution in [0.4, 0.5) is 10.5 Å². The van der Waals surface area contributed by atoms with Gasteiger partial charge in [-0.05, 0) is 39.3 Å². The second kappa shape index (κ2) is 8.17. The number of hydrogen-bond donors (Lipinski definition) is 3. The summed E-state index contributed by atoms with van der Waals surface area (Å²) >= 11 is 0. The Morgan fingerprint density at radius 3 is 2.48 bits per heavy atom. The second-order valence-electron chi connectivity index (χ2n) is 5.62. The molecular weight excluding hydrogens is 300 g/mol. The Kier molecular flexibility index (Phi) is 6.56. The van der Waals surface area contributed by atoms with Crippen LogP contribution in [0.3, 0.4) is 0 Å². The van der Waals surface area contributed by atoms with Crippen molar-refractivity contribution in [1.29, 1.82) is 0 Å². The van der Waals surface area contributed by atoms with Crippen LogP contribution in [0.2, 0.25) is 0 Å². The van der Waals surface area contributed by atoms with Gasteiger partial charge in [0.05, 0.1) is 17.9 Å². The number of ether oxygens (including phenoxy) is 1. The fourth-order valence-corrected chi connectivity index (χ4v) is 1.92. The lowest BCUT2D eigenvalue weighted by molar-refractivity contribution is -0.137. The van der Waals surface area contributed by atoms with Crippen molar-refractivity contribution in [3.05, 3.63) is 29.8 Å². The first-order valence-corrected chi connectivity index (χ1v) is 7.32. The molecule has 0 radical (unpaired) electrons. The number of para-hydroxylation sites is 1. The summed E-state index contributed by atoms with van der Waals surface area (Å²) in [5.41, 5.74) is -0.105. The van der Waals surface area contributed by atoms with E-state index in [1.54, 1.807) is 45.0 Å². The van der Waals surface area contributed by atoms with Crippen LogP contribution < -0.4 is 10.6 Å². The van der Waals surface area contributed by atoms with E-state index in [1.165, 1.54) is 0 Å². The Morgan fingerprint density at radius 1 is 1.22 bits per heavy atom. The van der Waals surface area contributed by atoms with Gasteiger partial charge < -0.3 is 20.5 Å². The number of hydrogen-bond acceptors (Lipinski definition) is 4. The van der Waals surface area contributed by atoms with Gasteiger partial charge in [-0.15, -0.1) is 0 Å². The first-order chi connectivity index (χ1) is 10.7. The number of rotatable bonds is 7.